The van der Waals surface area contributed by atoms with Crippen LogP contribution >= 0.6 is 0 Å². The number of hydrogen-bond acceptors (Lipinski definition) is 2. The highest BCUT2D eigenvalue weighted by atomic mass is 16.5. The fourth-order valence-electron chi connectivity index (χ4n) is 3.47. The van der Waals surface area contributed by atoms with Crippen LogP contribution in [0.1, 0.15) is 45.0 Å². The molecule has 0 fully saturated rings. The lowest BCUT2D eigenvalue weighted by molar-refractivity contribution is 0.0976. The molecule has 0 aromatic heterocycles. The van der Waals surface area contributed by atoms with Gasteiger partial charge in [0.1, 0.15) is 11.5 Å². The first-order valence-corrected chi connectivity index (χ1v) is 8.59. The van der Waals surface area contributed by atoms with Crippen LogP contribution < -0.4 is 4.74 Å². The first-order chi connectivity index (χ1) is 12.1. The van der Waals surface area contributed by atoms with Crippen molar-refractivity contribution in [3.63, 3.8) is 0 Å². The van der Waals surface area contributed by atoms with Crippen LogP contribution in [0, 0.1) is 13.8 Å². The van der Waals surface area contributed by atoms with Crippen molar-refractivity contribution in [2.45, 2.75) is 26.2 Å². The van der Waals surface area contributed by atoms with Gasteiger partial charge in [0.2, 0.25) is 0 Å². The average molecular weight is 328 g/mol. The average Bonchev–Trinajstić information content (AvgIpc) is 2.64. The highest BCUT2D eigenvalue weighted by molar-refractivity contribution is 5.97. The highest BCUT2D eigenvalue weighted by Gasteiger charge is 2.29. The van der Waals surface area contributed by atoms with Crippen LogP contribution in [0.2, 0.25) is 0 Å². The summed E-state index contributed by atoms with van der Waals surface area (Å²) in [5.41, 5.74) is 5.37. The topological polar surface area (TPSA) is 26.3 Å². The smallest absolute Gasteiger partial charge is 0.163 e. The molecule has 124 valence electrons. The molecule has 1 aliphatic rings. The third-order valence-corrected chi connectivity index (χ3v) is 5.00. The van der Waals surface area contributed by atoms with E-state index in [-0.39, 0.29) is 11.7 Å². The van der Waals surface area contributed by atoms with Gasteiger partial charge in [0.05, 0.1) is 0 Å². The van der Waals surface area contributed by atoms with Gasteiger partial charge < -0.3 is 4.74 Å². The fraction of sp³-hybridized carbons (Fsp3) is 0.174. The standard InChI is InChI=1S/C23H20O2/c1-15-12-20-19(14-21(24)17-8-4-3-5-9-17)18-10-6-7-11-22(18)25-23(20)13-16(15)2/h3-13,19H,14H2,1-2H3. The maximum absolute atomic E-state index is 12.8. The largest absolute Gasteiger partial charge is 0.457 e. The minimum Gasteiger partial charge on any atom is -0.457 e. The Balaban J connectivity index is 1.79. The molecular weight excluding hydrogens is 308 g/mol. The van der Waals surface area contributed by atoms with E-state index >= 15 is 0 Å². The number of carbonyl (C=O) groups excluding carboxylic acids is 1. The zero-order chi connectivity index (χ0) is 17.4. The summed E-state index contributed by atoms with van der Waals surface area (Å²) in [6.45, 7) is 4.19. The monoisotopic (exact) mass is 328 g/mol. The summed E-state index contributed by atoms with van der Waals surface area (Å²) in [6, 6.07) is 21.8. The van der Waals surface area contributed by atoms with Crippen molar-refractivity contribution in [2.75, 3.05) is 0 Å². The molecular formula is C23H20O2. The van der Waals surface area contributed by atoms with Crippen molar-refractivity contribution >= 4 is 5.78 Å². The second-order valence-electron chi connectivity index (χ2n) is 6.66. The molecule has 1 unspecified atom stereocenters. The zero-order valence-electron chi connectivity index (χ0n) is 14.5. The molecule has 0 amide bonds. The van der Waals surface area contributed by atoms with Crippen molar-refractivity contribution in [1.29, 1.82) is 0 Å². The number of ketones is 1. The molecule has 3 aromatic carbocycles. The van der Waals surface area contributed by atoms with Crippen molar-refractivity contribution in [1.82, 2.24) is 0 Å². The van der Waals surface area contributed by atoms with E-state index in [1.165, 1.54) is 11.1 Å². The van der Waals surface area contributed by atoms with Crippen LogP contribution in [-0.4, -0.2) is 5.78 Å². The number of aryl methyl sites for hydroxylation is 2. The van der Waals surface area contributed by atoms with Gasteiger partial charge in [0, 0.05) is 29.0 Å². The van der Waals surface area contributed by atoms with Crippen LogP contribution in [0.15, 0.2) is 66.7 Å². The first-order valence-electron chi connectivity index (χ1n) is 8.59. The zero-order valence-corrected chi connectivity index (χ0v) is 14.5. The number of fused-ring (bicyclic) bond motifs is 2. The predicted octanol–water partition coefficient (Wildman–Crippen LogP) is 5.81. The summed E-state index contributed by atoms with van der Waals surface area (Å²) < 4.78 is 6.12. The Hall–Kier alpha value is -2.87. The summed E-state index contributed by atoms with van der Waals surface area (Å²) in [5.74, 6) is 1.90. The first kappa shape index (κ1) is 15.6. The second kappa shape index (κ2) is 6.21. The molecule has 0 saturated heterocycles. The number of Topliss-reactive ketones (excluding diaryl/α,β-unsaturated/α-hetero) is 1. The van der Waals surface area contributed by atoms with E-state index in [1.807, 2.05) is 48.5 Å². The second-order valence-corrected chi connectivity index (χ2v) is 6.66. The number of ether oxygens (including phenoxy) is 1. The Morgan fingerprint density at radius 2 is 1.52 bits per heavy atom. The summed E-state index contributed by atoms with van der Waals surface area (Å²) >= 11 is 0. The van der Waals surface area contributed by atoms with Crippen molar-refractivity contribution < 1.29 is 9.53 Å². The molecule has 1 aliphatic heterocycles. The summed E-state index contributed by atoms with van der Waals surface area (Å²) in [4.78, 5) is 12.8. The van der Waals surface area contributed by atoms with E-state index < -0.39 is 0 Å². The lowest BCUT2D eigenvalue weighted by Crippen LogP contribution is -2.15. The molecule has 1 atom stereocenters. The molecule has 0 saturated carbocycles. The van der Waals surface area contributed by atoms with Gasteiger partial charge in [-0.1, -0.05) is 54.6 Å². The maximum Gasteiger partial charge on any atom is 0.163 e. The van der Waals surface area contributed by atoms with E-state index in [0.717, 1.165) is 28.2 Å². The molecule has 25 heavy (non-hydrogen) atoms. The highest BCUT2D eigenvalue weighted by Crippen LogP contribution is 2.46. The Morgan fingerprint density at radius 3 is 2.32 bits per heavy atom. The Morgan fingerprint density at radius 1 is 0.840 bits per heavy atom. The molecule has 0 N–H and O–H groups in total. The predicted molar refractivity (Wildman–Crippen MR) is 99.7 cm³/mol. The molecule has 0 bridgehead atoms. The third kappa shape index (κ3) is 2.85. The molecule has 4 rings (SSSR count). The Bertz CT molecular complexity index is 942. The molecule has 1 heterocycles. The number of para-hydroxylation sites is 1. The van der Waals surface area contributed by atoms with Crippen LogP contribution in [0.4, 0.5) is 0 Å². The van der Waals surface area contributed by atoms with Crippen LogP contribution in [0.5, 0.6) is 11.5 Å². The molecule has 2 heteroatoms. The van der Waals surface area contributed by atoms with Gasteiger partial charge in [-0.2, -0.15) is 0 Å². The van der Waals surface area contributed by atoms with Gasteiger partial charge in [-0.25, -0.2) is 0 Å². The van der Waals surface area contributed by atoms with Gasteiger partial charge in [0.15, 0.2) is 5.78 Å². The quantitative estimate of drug-likeness (QED) is 0.567. The summed E-state index contributed by atoms with van der Waals surface area (Å²) in [5, 5.41) is 0. The number of carbonyl (C=O) groups is 1. The normalized spacial score (nSPS) is 15.0. The van der Waals surface area contributed by atoms with E-state index in [1.54, 1.807) is 0 Å². The molecule has 0 spiro atoms. The Kier molecular flexibility index (Phi) is 3.89. The molecule has 2 nitrogen and oxygen atoms in total. The number of rotatable bonds is 3. The number of hydrogen-bond donors (Lipinski definition) is 0. The molecule has 0 radical (unpaired) electrons. The molecule has 3 aromatic rings. The lowest BCUT2D eigenvalue weighted by atomic mass is 9.82. The fourth-order valence-corrected chi connectivity index (χ4v) is 3.47. The third-order valence-electron chi connectivity index (χ3n) is 5.00. The van der Waals surface area contributed by atoms with Gasteiger partial charge in [-0.3, -0.25) is 4.79 Å². The van der Waals surface area contributed by atoms with Crippen molar-refractivity contribution in [2.24, 2.45) is 0 Å². The number of benzene rings is 3. The lowest BCUT2D eigenvalue weighted by Gasteiger charge is -2.29. The van der Waals surface area contributed by atoms with E-state index in [2.05, 4.69) is 32.0 Å². The van der Waals surface area contributed by atoms with E-state index in [4.69, 9.17) is 4.74 Å². The molecule has 0 aliphatic carbocycles. The van der Waals surface area contributed by atoms with Gasteiger partial charge in [-0.15, -0.1) is 0 Å². The van der Waals surface area contributed by atoms with Gasteiger partial charge in [-0.05, 0) is 37.1 Å². The summed E-state index contributed by atoms with van der Waals surface area (Å²) in [7, 11) is 0. The summed E-state index contributed by atoms with van der Waals surface area (Å²) in [6.07, 6.45) is 0.444. The minimum atomic E-state index is 0.0203. The van der Waals surface area contributed by atoms with E-state index in [9.17, 15) is 4.79 Å². The minimum absolute atomic E-state index is 0.0203. The van der Waals surface area contributed by atoms with E-state index in [0.29, 0.717) is 6.42 Å². The van der Waals surface area contributed by atoms with Crippen LogP contribution in [-0.2, 0) is 0 Å². The van der Waals surface area contributed by atoms with Crippen LogP contribution in [0.3, 0.4) is 0 Å². The maximum atomic E-state index is 12.8. The SMILES string of the molecule is Cc1cc2c(cc1C)C(CC(=O)c1ccccc1)c1ccccc1O2. The van der Waals surface area contributed by atoms with Gasteiger partial charge >= 0.3 is 0 Å². The van der Waals surface area contributed by atoms with Crippen molar-refractivity contribution in [3.05, 3.63) is 94.5 Å². The van der Waals surface area contributed by atoms with Gasteiger partial charge in [0.25, 0.3) is 0 Å². The Labute approximate surface area is 148 Å². The van der Waals surface area contributed by atoms with Crippen LogP contribution in [0.25, 0.3) is 0 Å². The van der Waals surface area contributed by atoms with Crippen molar-refractivity contribution in [3.8, 4) is 11.5 Å².